The Balaban J connectivity index is 2.12. The van der Waals surface area contributed by atoms with Crippen LogP contribution in [0.1, 0.15) is 18.4 Å². The zero-order valence-corrected chi connectivity index (χ0v) is 11.6. The van der Waals surface area contributed by atoms with Gasteiger partial charge in [-0.05, 0) is 24.1 Å². The predicted octanol–water partition coefficient (Wildman–Crippen LogP) is 2.82. The molecule has 1 amide bonds. The summed E-state index contributed by atoms with van der Waals surface area (Å²) >= 11 is 11.9. The van der Waals surface area contributed by atoms with E-state index in [1.165, 1.54) is 4.90 Å². The first-order valence-corrected chi connectivity index (χ1v) is 6.67. The van der Waals surface area contributed by atoms with E-state index in [2.05, 4.69) is 0 Å². The molecule has 6 heteroatoms. The van der Waals surface area contributed by atoms with E-state index in [1.54, 1.807) is 18.2 Å². The third kappa shape index (κ3) is 3.39. The van der Waals surface area contributed by atoms with E-state index >= 15 is 0 Å². The Morgan fingerprint density at radius 3 is 2.79 bits per heavy atom. The van der Waals surface area contributed by atoms with Gasteiger partial charge in [0.25, 0.3) is 0 Å². The summed E-state index contributed by atoms with van der Waals surface area (Å²) in [5.41, 5.74) is 0.769. The van der Waals surface area contributed by atoms with Crippen molar-refractivity contribution in [3.63, 3.8) is 0 Å². The molecule has 1 unspecified atom stereocenters. The van der Waals surface area contributed by atoms with Gasteiger partial charge in [0, 0.05) is 29.6 Å². The fraction of sp³-hybridized carbons (Fsp3) is 0.385. The molecule has 1 atom stereocenters. The lowest BCUT2D eigenvalue weighted by Gasteiger charge is -2.30. The summed E-state index contributed by atoms with van der Waals surface area (Å²) in [6.45, 7) is 0.547. The molecule has 0 saturated carbocycles. The van der Waals surface area contributed by atoms with Crippen molar-refractivity contribution in [3.05, 3.63) is 33.8 Å². The number of nitrogens with zero attached hydrogens (tertiary/aromatic N) is 1. The van der Waals surface area contributed by atoms with Crippen LogP contribution in [-0.2, 0) is 16.1 Å². The van der Waals surface area contributed by atoms with Crippen LogP contribution >= 0.6 is 23.2 Å². The molecule has 4 nitrogen and oxygen atoms in total. The van der Waals surface area contributed by atoms with E-state index in [0.29, 0.717) is 23.0 Å². The Morgan fingerprint density at radius 2 is 2.16 bits per heavy atom. The molecule has 1 aliphatic rings. The summed E-state index contributed by atoms with van der Waals surface area (Å²) in [4.78, 5) is 24.3. The monoisotopic (exact) mass is 301 g/mol. The van der Waals surface area contributed by atoms with Crippen molar-refractivity contribution in [1.82, 2.24) is 4.90 Å². The summed E-state index contributed by atoms with van der Waals surface area (Å²) in [6.07, 6.45) is 0.668. The van der Waals surface area contributed by atoms with Gasteiger partial charge < -0.3 is 10.0 Å². The van der Waals surface area contributed by atoms with Gasteiger partial charge in [-0.2, -0.15) is 0 Å². The van der Waals surface area contributed by atoms with E-state index in [4.69, 9.17) is 28.3 Å². The molecule has 0 aromatic heterocycles. The average molecular weight is 302 g/mol. The van der Waals surface area contributed by atoms with Crippen LogP contribution in [0.15, 0.2) is 18.2 Å². The fourth-order valence-electron chi connectivity index (χ4n) is 2.12. The minimum absolute atomic E-state index is 0.0384. The third-order valence-electron chi connectivity index (χ3n) is 3.23. The number of hydrogen-bond acceptors (Lipinski definition) is 2. The highest BCUT2D eigenvalue weighted by Crippen LogP contribution is 2.25. The predicted molar refractivity (Wildman–Crippen MR) is 72.2 cm³/mol. The summed E-state index contributed by atoms with van der Waals surface area (Å²) in [5, 5.41) is 10.0. The zero-order valence-electron chi connectivity index (χ0n) is 10.1. The molecular weight excluding hydrogens is 289 g/mol. The highest BCUT2D eigenvalue weighted by Gasteiger charge is 2.30. The van der Waals surface area contributed by atoms with E-state index in [1.807, 2.05) is 0 Å². The first-order valence-electron chi connectivity index (χ1n) is 5.92. The minimum atomic E-state index is -0.861. The summed E-state index contributed by atoms with van der Waals surface area (Å²) in [7, 11) is 0. The Morgan fingerprint density at radius 1 is 1.42 bits per heavy atom. The molecule has 1 aromatic rings. The fourth-order valence-corrected chi connectivity index (χ4v) is 2.59. The molecule has 1 aliphatic heterocycles. The number of piperidine rings is 1. The number of aliphatic carboxylic acids is 1. The molecule has 1 saturated heterocycles. The van der Waals surface area contributed by atoms with Gasteiger partial charge in [0.05, 0.1) is 5.92 Å². The number of amides is 1. The molecule has 0 spiro atoms. The number of halogens is 2. The van der Waals surface area contributed by atoms with Crippen molar-refractivity contribution >= 4 is 35.1 Å². The van der Waals surface area contributed by atoms with Crippen LogP contribution in [0.25, 0.3) is 0 Å². The number of carbonyl (C=O) groups excluding carboxylic acids is 1. The topological polar surface area (TPSA) is 57.6 Å². The van der Waals surface area contributed by atoms with Crippen molar-refractivity contribution in [2.75, 3.05) is 6.54 Å². The zero-order chi connectivity index (χ0) is 14.0. The maximum absolute atomic E-state index is 11.8. The summed E-state index contributed by atoms with van der Waals surface area (Å²) in [6, 6.07) is 5.07. The highest BCUT2D eigenvalue weighted by molar-refractivity contribution is 6.35. The number of benzene rings is 1. The SMILES string of the molecule is O=C(O)C1CCC(=O)N(Cc2ccc(Cl)cc2Cl)C1. The van der Waals surface area contributed by atoms with Gasteiger partial charge in [0.1, 0.15) is 0 Å². The minimum Gasteiger partial charge on any atom is -0.481 e. The Labute approximate surface area is 120 Å². The summed E-state index contributed by atoms with van der Waals surface area (Å²) in [5.74, 6) is -1.40. The second kappa shape index (κ2) is 5.80. The Kier molecular flexibility index (Phi) is 4.32. The number of rotatable bonds is 3. The van der Waals surface area contributed by atoms with Crippen molar-refractivity contribution in [3.8, 4) is 0 Å². The van der Waals surface area contributed by atoms with Crippen LogP contribution in [0.3, 0.4) is 0 Å². The number of carboxylic acids is 1. The van der Waals surface area contributed by atoms with Gasteiger partial charge in [-0.1, -0.05) is 29.3 Å². The normalized spacial score (nSPS) is 19.6. The largest absolute Gasteiger partial charge is 0.481 e. The van der Waals surface area contributed by atoms with Crippen molar-refractivity contribution < 1.29 is 14.7 Å². The molecular formula is C13H13Cl2NO3. The number of carboxylic acid groups (broad SMARTS) is 1. The average Bonchev–Trinajstić information content (AvgIpc) is 2.34. The molecule has 0 aliphatic carbocycles. The Hall–Kier alpha value is -1.26. The number of carbonyl (C=O) groups is 2. The van der Waals surface area contributed by atoms with Crippen LogP contribution in [0.2, 0.25) is 10.0 Å². The molecule has 1 aromatic carbocycles. The van der Waals surface area contributed by atoms with Crippen LogP contribution < -0.4 is 0 Å². The first kappa shape index (κ1) is 14.2. The van der Waals surface area contributed by atoms with E-state index in [0.717, 1.165) is 5.56 Å². The van der Waals surface area contributed by atoms with Crippen LogP contribution in [0.5, 0.6) is 0 Å². The van der Waals surface area contributed by atoms with Crippen molar-refractivity contribution in [2.24, 2.45) is 5.92 Å². The molecule has 1 fully saturated rings. The molecule has 1 N–H and O–H groups in total. The second-order valence-corrected chi connectivity index (χ2v) is 5.43. The van der Waals surface area contributed by atoms with Gasteiger partial charge in [-0.3, -0.25) is 9.59 Å². The number of likely N-dealkylation sites (tertiary alicyclic amines) is 1. The molecule has 0 radical (unpaired) electrons. The smallest absolute Gasteiger partial charge is 0.308 e. The van der Waals surface area contributed by atoms with Crippen molar-refractivity contribution in [1.29, 1.82) is 0 Å². The third-order valence-corrected chi connectivity index (χ3v) is 3.81. The van der Waals surface area contributed by atoms with Crippen LogP contribution in [0.4, 0.5) is 0 Å². The second-order valence-electron chi connectivity index (χ2n) is 4.58. The lowest BCUT2D eigenvalue weighted by atomic mass is 9.97. The Bertz CT molecular complexity index is 519. The van der Waals surface area contributed by atoms with Gasteiger partial charge in [0.2, 0.25) is 5.91 Å². The van der Waals surface area contributed by atoms with Crippen molar-refractivity contribution in [2.45, 2.75) is 19.4 Å². The molecule has 2 rings (SSSR count). The number of hydrogen-bond donors (Lipinski definition) is 1. The van der Waals surface area contributed by atoms with Gasteiger partial charge in [-0.25, -0.2) is 0 Å². The van der Waals surface area contributed by atoms with Crippen LogP contribution in [0, 0.1) is 5.92 Å². The molecule has 1 heterocycles. The van der Waals surface area contributed by atoms with E-state index in [9.17, 15) is 9.59 Å². The standard InChI is InChI=1S/C13H13Cl2NO3/c14-10-3-1-8(11(15)5-10)6-16-7-9(13(18)19)2-4-12(16)17/h1,3,5,9H,2,4,6-7H2,(H,18,19). The maximum atomic E-state index is 11.8. The van der Waals surface area contributed by atoms with Gasteiger partial charge >= 0.3 is 5.97 Å². The molecule has 102 valence electrons. The summed E-state index contributed by atoms with van der Waals surface area (Å²) < 4.78 is 0. The highest BCUT2D eigenvalue weighted by atomic mass is 35.5. The van der Waals surface area contributed by atoms with Gasteiger partial charge in [-0.15, -0.1) is 0 Å². The quantitative estimate of drug-likeness (QED) is 0.934. The lowest BCUT2D eigenvalue weighted by molar-refractivity contribution is -0.147. The first-order chi connectivity index (χ1) is 8.97. The lowest BCUT2D eigenvalue weighted by Crippen LogP contribution is -2.42. The van der Waals surface area contributed by atoms with Gasteiger partial charge in [0.15, 0.2) is 0 Å². The van der Waals surface area contributed by atoms with E-state index < -0.39 is 11.9 Å². The molecule has 0 bridgehead atoms. The van der Waals surface area contributed by atoms with E-state index in [-0.39, 0.29) is 18.9 Å². The molecule has 19 heavy (non-hydrogen) atoms. The maximum Gasteiger partial charge on any atom is 0.308 e. The van der Waals surface area contributed by atoms with Crippen LogP contribution in [-0.4, -0.2) is 28.4 Å².